The Morgan fingerprint density at radius 1 is 1.10 bits per heavy atom. The van der Waals surface area contributed by atoms with Crippen molar-refractivity contribution in [1.29, 1.82) is 0 Å². The topological polar surface area (TPSA) is 139 Å². The third kappa shape index (κ3) is 8.13. The minimum absolute atomic E-state index is 0.0172. The Morgan fingerprint density at radius 3 is 2.19 bits per heavy atom. The molecule has 0 heterocycles. The number of carbonyl (C=O) groups excluding carboxylic acids is 3. The van der Waals surface area contributed by atoms with E-state index in [1.54, 1.807) is 6.92 Å². The average Bonchev–Trinajstić information content (AvgIpc) is 2.40. The number of carbonyl (C=O) groups is 3. The molecule has 0 rings (SSSR count). The second-order valence-electron chi connectivity index (χ2n) is 5.16. The van der Waals surface area contributed by atoms with Gasteiger partial charge in [-0.25, -0.2) is 4.79 Å². The van der Waals surface area contributed by atoms with Gasteiger partial charge in [0.15, 0.2) is 0 Å². The van der Waals surface area contributed by atoms with E-state index >= 15 is 0 Å². The molecular formula is C13H27N5O3. The van der Waals surface area contributed by atoms with Crippen molar-refractivity contribution in [3.05, 3.63) is 0 Å². The largest absolute Gasteiger partial charge is 0.355 e. The second kappa shape index (κ2) is 9.98. The van der Waals surface area contributed by atoms with Crippen molar-refractivity contribution in [2.75, 3.05) is 13.1 Å². The highest BCUT2D eigenvalue weighted by molar-refractivity contribution is 5.89. The maximum atomic E-state index is 11.9. The minimum Gasteiger partial charge on any atom is -0.355 e. The van der Waals surface area contributed by atoms with Crippen LogP contribution in [0.5, 0.6) is 0 Å². The lowest BCUT2D eigenvalue weighted by Gasteiger charge is -2.22. The van der Waals surface area contributed by atoms with E-state index in [0.717, 1.165) is 0 Å². The average molecular weight is 301 g/mol. The molecule has 0 saturated carbocycles. The fourth-order valence-electron chi connectivity index (χ4n) is 1.65. The van der Waals surface area contributed by atoms with Gasteiger partial charge in [-0.3, -0.25) is 9.59 Å². The van der Waals surface area contributed by atoms with E-state index in [1.165, 1.54) is 0 Å². The van der Waals surface area contributed by atoms with E-state index in [1.807, 2.05) is 13.8 Å². The number of nitrogens with one attached hydrogen (secondary N) is 3. The molecule has 0 aliphatic rings. The van der Waals surface area contributed by atoms with Gasteiger partial charge in [0.25, 0.3) is 0 Å². The Hall–Kier alpha value is -1.83. The van der Waals surface area contributed by atoms with Gasteiger partial charge >= 0.3 is 6.03 Å². The van der Waals surface area contributed by atoms with Gasteiger partial charge in [-0.2, -0.15) is 0 Å². The lowest BCUT2D eigenvalue weighted by Crippen LogP contribution is -2.53. The lowest BCUT2D eigenvalue weighted by atomic mass is 10.0. The number of nitrogens with two attached hydrogens (primary N) is 2. The van der Waals surface area contributed by atoms with Gasteiger partial charge in [-0.05, 0) is 25.7 Å². The standard InChI is InChI=1S/C13H27N5O3/c1-4-16-11(19)9(6-5-7-17-13(15)21)18-12(20)10(14)8(2)3/h8-10H,4-7,14H2,1-3H3,(H,16,19)(H,18,20)(H3,15,17,21)/t9-,10-/m0/s1. The first-order valence-electron chi connectivity index (χ1n) is 7.16. The summed E-state index contributed by atoms with van der Waals surface area (Å²) >= 11 is 0. The zero-order chi connectivity index (χ0) is 16.4. The lowest BCUT2D eigenvalue weighted by molar-refractivity contribution is -0.130. The van der Waals surface area contributed by atoms with Crippen LogP contribution in [0, 0.1) is 5.92 Å². The van der Waals surface area contributed by atoms with Gasteiger partial charge in [0.1, 0.15) is 6.04 Å². The summed E-state index contributed by atoms with van der Waals surface area (Å²) in [6.45, 7) is 6.29. The van der Waals surface area contributed by atoms with Gasteiger partial charge in [-0.15, -0.1) is 0 Å². The van der Waals surface area contributed by atoms with E-state index in [4.69, 9.17) is 11.5 Å². The number of amides is 4. The highest BCUT2D eigenvalue weighted by Gasteiger charge is 2.24. The zero-order valence-corrected chi connectivity index (χ0v) is 12.9. The number of rotatable bonds is 9. The molecule has 0 aromatic carbocycles. The summed E-state index contributed by atoms with van der Waals surface area (Å²) in [5.74, 6) is -0.638. The molecule has 8 nitrogen and oxygen atoms in total. The quantitative estimate of drug-likeness (QED) is 0.350. The van der Waals surface area contributed by atoms with Gasteiger partial charge in [0, 0.05) is 13.1 Å². The summed E-state index contributed by atoms with van der Waals surface area (Å²) in [7, 11) is 0. The molecule has 8 heteroatoms. The molecule has 21 heavy (non-hydrogen) atoms. The first-order chi connectivity index (χ1) is 9.79. The number of hydrogen-bond donors (Lipinski definition) is 5. The molecule has 0 aromatic rings. The molecule has 0 spiro atoms. The molecule has 0 fully saturated rings. The van der Waals surface area contributed by atoms with Crippen molar-refractivity contribution in [2.45, 2.75) is 45.7 Å². The van der Waals surface area contributed by atoms with Crippen LogP contribution in [0.2, 0.25) is 0 Å². The molecule has 0 unspecified atom stereocenters. The van der Waals surface area contributed by atoms with E-state index in [-0.39, 0.29) is 17.7 Å². The van der Waals surface area contributed by atoms with E-state index in [0.29, 0.717) is 25.9 Å². The number of primary amides is 1. The van der Waals surface area contributed by atoms with Crippen LogP contribution in [0.1, 0.15) is 33.6 Å². The summed E-state index contributed by atoms with van der Waals surface area (Å²) in [5, 5.41) is 7.75. The predicted octanol–water partition coefficient (Wildman–Crippen LogP) is -0.961. The zero-order valence-electron chi connectivity index (χ0n) is 12.9. The normalized spacial score (nSPS) is 13.4. The number of hydrogen-bond acceptors (Lipinski definition) is 4. The Labute approximate surface area is 125 Å². The van der Waals surface area contributed by atoms with Crippen LogP contribution >= 0.6 is 0 Å². The highest BCUT2D eigenvalue weighted by Crippen LogP contribution is 2.02. The van der Waals surface area contributed by atoms with Crippen LogP contribution in [0.3, 0.4) is 0 Å². The van der Waals surface area contributed by atoms with Crippen molar-refractivity contribution >= 4 is 17.8 Å². The number of likely N-dealkylation sites (N-methyl/N-ethyl adjacent to an activating group) is 1. The van der Waals surface area contributed by atoms with Crippen LogP contribution in [0.4, 0.5) is 4.79 Å². The van der Waals surface area contributed by atoms with E-state index < -0.39 is 18.1 Å². The molecule has 4 amide bonds. The molecule has 0 radical (unpaired) electrons. The van der Waals surface area contributed by atoms with Crippen molar-refractivity contribution in [2.24, 2.45) is 17.4 Å². The Bertz CT molecular complexity index is 360. The fraction of sp³-hybridized carbons (Fsp3) is 0.769. The monoisotopic (exact) mass is 301 g/mol. The molecule has 0 bridgehead atoms. The third-order valence-corrected chi connectivity index (χ3v) is 2.97. The maximum Gasteiger partial charge on any atom is 0.312 e. The summed E-state index contributed by atoms with van der Waals surface area (Å²) in [6, 6.07) is -1.95. The van der Waals surface area contributed by atoms with Crippen LogP contribution in [-0.2, 0) is 9.59 Å². The molecule has 0 aromatic heterocycles. The Balaban J connectivity index is 4.48. The van der Waals surface area contributed by atoms with Gasteiger partial charge < -0.3 is 27.4 Å². The maximum absolute atomic E-state index is 11.9. The Kier molecular flexibility index (Phi) is 9.11. The second-order valence-corrected chi connectivity index (χ2v) is 5.16. The van der Waals surface area contributed by atoms with Crippen molar-refractivity contribution in [1.82, 2.24) is 16.0 Å². The van der Waals surface area contributed by atoms with Gasteiger partial charge in [0.2, 0.25) is 11.8 Å². The summed E-state index contributed by atoms with van der Waals surface area (Å²) in [4.78, 5) is 34.4. The van der Waals surface area contributed by atoms with Crippen LogP contribution < -0.4 is 27.4 Å². The van der Waals surface area contributed by atoms with Crippen LogP contribution in [0.25, 0.3) is 0 Å². The summed E-state index contributed by atoms with van der Waals surface area (Å²) in [6.07, 6.45) is 0.907. The minimum atomic E-state index is -0.670. The molecule has 7 N–H and O–H groups in total. The summed E-state index contributed by atoms with van der Waals surface area (Å²) < 4.78 is 0. The van der Waals surface area contributed by atoms with E-state index in [2.05, 4.69) is 16.0 Å². The molecule has 122 valence electrons. The molecule has 2 atom stereocenters. The number of urea groups is 1. The van der Waals surface area contributed by atoms with Crippen molar-refractivity contribution in [3.8, 4) is 0 Å². The molecule has 0 aliphatic carbocycles. The third-order valence-electron chi connectivity index (χ3n) is 2.97. The highest BCUT2D eigenvalue weighted by atomic mass is 16.2. The van der Waals surface area contributed by atoms with Crippen molar-refractivity contribution < 1.29 is 14.4 Å². The predicted molar refractivity (Wildman–Crippen MR) is 80.2 cm³/mol. The molecular weight excluding hydrogens is 274 g/mol. The van der Waals surface area contributed by atoms with Crippen LogP contribution in [0.15, 0.2) is 0 Å². The fourth-order valence-corrected chi connectivity index (χ4v) is 1.65. The summed E-state index contributed by atoms with van der Waals surface area (Å²) in [5.41, 5.74) is 10.7. The van der Waals surface area contributed by atoms with Crippen LogP contribution in [-0.4, -0.2) is 43.0 Å². The van der Waals surface area contributed by atoms with Gasteiger partial charge in [-0.1, -0.05) is 13.8 Å². The van der Waals surface area contributed by atoms with Crippen molar-refractivity contribution in [3.63, 3.8) is 0 Å². The Morgan fingerprint density at radius 2 is 1.71 bits per heavy atom. The SMILES string of the molecule is CCNC(=O)[C@H](CCCNC(N)=O)NC(=O)[C@@H](N)C(C)C. The van der Waals surface area contributed by atoms with E-state index in [9.17, 15) is 14.4 Å². The molecule has 0 saturated heterocycles. The van der Waals surface area contributed by atoms with Gasteiger partial charge in [0.05, 0.1) is 6.04 Å². The smallest absolute Gasteiger partial charge is 0.312 e. The first-order valence-corrected chi connectivity index (χ1v) is 7.16. The molecule has 0 aliphatic heterocycles. The first kappa shape index (κ1) is 19.2.